The van der Waals surface area contributed by atoms with Gasteiger partial charge in [-0.05, 0) is 48.5 Å². The summed E-state index contributed by atoms with van der Waals surface area (Å²) in [4.78, 5) is 23.3. The third-order valence-corrected chi connectivity index (χ3v) is 2.74. The Bertz CT molecular complexity index is 630. The third-order valence-electron chi connectivity index (χ3n) is 2.74. The zero-order valence-electron chi connectivity index (χ0n) is 11.7. The summed E-state index contributed by atoms with van der Waals surface area (Å²) in [6, 6.07) is 13.4. The van der Waals surface area contributed by atoms with E-state index in [0.29, 0.717) is 22.7 Å². The summed E-state index contributed by atoms with van der Waals surface area (Å²) in [7, 11) is 0. The molecule has 0 radical (unpaired) electrons. The molecule has 0 atom stereocenters. The number of nitrogen functional groups attached to an aromatic ring is 2. The van der Waals surface area contributed by atoms with E-state index in [1.807, 2.05) is 0 Å². The van der Waals surface area contributed by atoms with Crippen molar-refractivity contribution in [2.75, 3.05) is 22.1 Å². The summed E-state index contributed by atoms with van der Waals surface area (Å²) in [5.74, 6) is -0.811. The fourth-order valence-electron chi connectivity index (χ4n) is 1.65. The summed E-state index contributed by atoms with van der Waals surface area (Å²) in [6.45, 7) is 0. The first-order valence-electron chi connectivity index (χ1n) is 6.54. The maximum atomic E-state index is 11.7. The van der Waals surface area contributed by atoms with E-state index >= 15 is 0 Å². The number of benzene rings is 2. The van der Waals surface area contributed by atoms with Gasteiger partial charge in [0.05, 0.1) is 0 Å². The number of carbonyl (C=O) groups excluding carboxylic acids is 2. The molecule has 0 aliphatic carbocycles. The minimum absolute atomic E-state index is 0.405. The summed E-state index contributed by atoms with van der Waals surface area (Å²) < 4.78 is 0. The van der Waals surface area contributed by atoms with E-state index in [2.05, 4.69) is 10.6 Å². The number of carbonyl (C=O) groups is 2. The van der Waals surface area contributed by atoms with Gasteiger partial charge in [-0.15, -0.1) is 0 Å². The van der Waals surface area contributed by atoms with Crippen LogP contribution in [0.2, 0.25) is 0 Å². The quantitative estimate of drug-likeness (QED) is 0.510. The molecule has 0 aromatic heterocycles. The van der Waals surface area contributed by atoms with Crippen molar-refractivity contribution in [3.8, 4) is 0 Å². The number of nitrogens with one attached hydrogen (secondary N) is 2. The van der Waals surface area contributed by atoms with Crippen LogP contribution >= 0.6 is 0 Å². The molecule has 0 aliphatic rings. The fourth-order valence-corrected chi connectivity index (χ4v) is 1.65. The van der Waals surface area contributed by atoms with Crippen molar-refractivity contribution in [2.24, 2.45) is 0 Å². The molecular formula is C16H16N4O2. The Morgan fingerprint density at radius 3 is 1.32 bits per heavy atom. The fraction of sp³-hybridized carbons (Fsp3) is 0. The Morgan fingerprint density at radius 1 is 0.682 bits per heavy atom. The van der Waals surface area contributed by atoms with Crippen LogP contribution in [0, 0.1) is 0 Å². The second-order valence-electron chi connectivity index (χ2n) is 4.56. The Hall–Kier alpha value is -3.28. The monoisotopic (exact) mass is 296 g/mol. The van der Waals surface area contributed by atoms with Crippen molar-refractivity contribution >= 4 is 34.6 Å². The first kappa shape index (κ1) is 15.1. The summed E-state index contributed by atoms with van der Waals surface area (Å²) in [5.41, 5.74) is 13.5. The average molecular weight is 296 g/mol. The number of amides is 2. The van der Waals surface area contributed by atoms with Gasteiger partial charge in [0.2, 0.25) is 11.8 Å². The summed E-state index contributed by atoms with van der Waals surface area (Å²) in [6.07, 6.45) is 2.31. The van der Waals surface area contributed by atoms with Crippen LogP contribution in [0.3, 0.4) is 0 Å². The lowest BCUT2D eigenvalue weighted by Gasteiger charge is -2.03. The Labute approximate surface area is 127 Å². The standard InChI is InChI=1S/C16H16N4O2/c17-11-1-5-13(6-2-11)19-15(21)9-10-16(22)20-14-7-3-12(18)4-8-14/h1-10H,17-18H2,(H,19,21)(H,20,22)/b10-9+. The smallest absolute Gasteiger partial charge is 0.248 e. The maximum Gasteiger partial charge on any atom is 0.248 e. The summed E-state index contributed by atoms with van der Waals surface area (Å²) >= 11 is 0. The van der Waals surface area contributed by atoms with Crippen molar-refractivity contribution in [3.05, 3.63) is 60.7 Å². The van der Waals surface area contributed by atoms with Crippen molar-refractivity contribution in [3.63, 3.8) is 0 Å². The molecule has 112 valence electrons. The van der Waals surface area contributed by atoms with Gasteiger partial charge in [-0.1, -0.05) is 0 Å². The van der Waals surface area contributed by atoms with Crippen LogP contribution in [0.15, 0.2) is 60.7 Å². The molecule has 0 unspecified atom stereocenters. The van der Waals surface area contributed by atoms with Gasteiger partial charge in [-0.25, -0.2) is 0 Å². The lowest BCUT2D eigenvalue weighted by Crippen LogP contribution is -2.12. The lowest BCUT2D eigenvalue weighted by molar-refractivity contribution is -0.114. The lowest BCUT2D eigenvalue weighted by atomic mass is 10.3. The van der Waals surface area contributed by atoms with E-state index in [-0.39, 0.29) is 0 Å². The normalized spacial score (nSPS) is 10.4. The largest absolute Gasteiger partial charge is 0.399 e. The van der Waals surface area contributed by atoms with Crippen LogP contribution in [0.25, 0.3) is 0 Å². The third kappa shape index (κ3) is 4.68. The number of anilines is 4. The molecule has 2 aromatic rings. The van der Waals surface area contributed by atoms with Crippen LogP contribution in [0.4, 0.5) is 22.7 Å². The number of nitrogens with two attached hydrogens (primary N) is 2. The van der Waals surface area contributed by atoms with Crippen LogP contribution < -0.4 is 22.1 Å². The van der Waals surface area contributed by atoms with Gasteiger partial charge in [-0.2, -0.15) is 0 Å². The van der Waals surface area contributed by atoms with Gasteiger partial charge in [0.25, 0.3) is 0 Å². The predicted octanol–water partition coefficient (Wildman–Crippen LogP) is 1.98. The van der Waals surface area contributed by atoms with E-state index in [1.165, 1.54) is 0 Å². The van der Waals surface area contributed by atoms with E-state index in [9.17, 15) is 9.59 Å². The number of hydrogen-bond acceptors (Lipinski definition) is 4. The molecule has 0 aliphatic heterocycles. The molecule has 0 bridgehead atoms. The maximum absolute atomic E-state index is 11.7. The highest BCUT2D eigenvalue weighted by molar-refractivity contribution is 6.06. The molecule has 0 saturated heterocycles. The molecule has 0 heterocycles. The predicted molar refractivity (Wildman–Crippen MR) is 88.1 cm³/mol. The molecule has 6 heteroatoms. The topological polar surface area (TPSA) is 110 Å². The molecule has 2 rings (SSSR count). The number of hydrogen-bond donors (Lipinski definition) is 4. The Morgan fingerprint density at radius 2 is 1.00 bits per heavy atom. The molecule has 2 aromatic carbocycles. The van der Waals surface area contributed by atoms with Crippen molar-refractivity contribution in [2.45, 2.75) is 0 Å². The highest BCUT2D eigenvalue weighted by atomic mass is 16.2. The Kier molecular flexibility index (Phi) is 4.77. The molecule has 22 heavy (non-hydrogen) atoms. The molecule has 0 spiro atoms. The van der Waals surface area contributed by atoms with Crippen molar-refractivity contribution in [1.29, 1.82) is 0 Å². The van der Waals surface area contributed by atoms with Crippen molar-refractivity contribution < 1.29 is 9.59 Å². The zero-order valence-corrected chi connectivity index (χ0v) is 11.7. The van der Waals surface area contributed by atoms with Gasteiger partial charge >= 0.3 is 0 Å². The van der Waals surface area contributed by atoms with Crippen LogP contribution in [0.5, 0.6) is 0 Å². The minimum Gasteiger partial charge on any atom is -0.399 e. The van der Waals surface area contributed by atoms with Gasteiger partial charge < -0.3 is 22.1 Å². The van der Waals surface area contributed by atoms with Gasteiger partial charge in [-0.3, -0.25) is 9.59 Å². The van der Waals surface area contributed by atoms with E-state index in [1.54, 1.807) is 48.5 Å². The molecule has 0 saturated carbocycles. The SMILES string of the molecule is Nc1ccc(NC(=O)/C=C/C(=O)Nc2ccc(N)cc2)cc1. The zero-order chi connectivity index (χ0) is 15.9. The van der Waals surface area contributed by atoms with Gasteiger partial charge in [0.15, 0.2) is 0 Å². The van der Waals surface area contributed by atoms with Crippen LogP contribution in [-0.4, -0.2) is 11.8 Å². The molecule has 6 nitrogen and oxygen atoms in total. The average Bonchev–Trinajstić information content (AvgIpc) is 2.50. The first-order chi connectivity index (χ1) is 10.5. The van der Waals surface area contributed by atoms with Crippen molar-refractivity contribution in [1.82, 2.24) is 0 Å². The van der Waals surface area contributed by atoms with Crippen LogP contribution in [0.1, 0.15) is 0 Å². The molecule has 6 N–H and O–H groups in total. The second-order valence-corrected chi connectivity index (χ2v) is 4.56. The highest BCUT2D eigenvalue weighted by Gasteiger charge is 2.01. The number of rotatable bonds is 4. The van der Waals surface area contributed by atoms with E-state index in [0.717, 1.165) is 12.2 Å². The van der Waals surface area contributed by atoms with Gasteiger partial charge in [0.1, 0.15) is 0 Å². The van der Waals surface area contributed by atoms with Crippen LogP contribution in [-0.2, 0) is 9.59 Å². The van der Waals surface area contributed by atoms with E-state index in [4.69, 9.17) is 11.5 Å². The molecule has 0 fully saturated rings. The molecule has 2 amide bonds. The minimum atomic E-state index is -0.405. The highest BCUT2D eigenvalue weighted by Crippen LogP contribution is 2.11. The van der Waals surface area contributed by atoms with E-state index < -0.39 is 11.8 Å². The second kappa shape index (κ2) is 6.94. The Balaban J connectivity index is 1.87. The summed E-state index contributed by atoms with van der Waals surface area (Å²) in [5, 5.41) is 5.24. The van der Waals surface area contributed by atoms with Gasteiger partial charge in [0, 0.05) is 34.9 Å². The molecular weight excluding hydrogens is 280 g/mol. The first-order valence-corrected chi connectivity index (χ1v) is 6.54.